The Bertz CT molecular complexity index is 1790. The molecule has 0 radical (unpaired) electrons. The van der Waals surface area contributed by atoms with Crippen molar-refractivity contribution in [1.29, 1.82) is 0 Å². The first-order valence-electron chi connectivity index (χ1n) is 16.4. The molecule has 0 saturated carbocycles. The number of aliphatic hydroxyl groups is 1. The van der Waals surface area contributed by atoms with E-state index in [-0.39, 0.29) is 24.0 Å². The zero-order chi connectivity index (χ0) is 37.3. The van der Waals surface area contributed by atoms with Crippen molar-refractivity contribution in [3.05, 3.63) is 112 Å². The van der Waals surface area contributed by atoms with Crippen LogP contribution >= 0.6 is 23.2 Å². The lowest BCUT2D eigenvalue weighted by molar-refractivity contribution is -0.156. The standard InChI is InChI=1S/C38H42Cl2N4O7/c1-23(2)33(43-35(48)25-15-10-7-11-16-25)37(49)44(20-24-13-8-6-9-14-24)21-30(45)41-28(19-31(46)51-38(3,4)5)34(47)36-42-29(22-50-36)32-26(39)17-12-18-27(32)40/h6-18,22-23,28,33-34,47H,19-21H2,1-5H3,(H,41,45)(H,43,48)/t28-,33-,34?/m0/s1. The summed E-state index contributed by atoms with van der Waals surface area (Å²) < 4.78 is 11.1. The van der Waals surface area contributed by atoms with E-state index in [4.69, 9.17) is 32.4 Å². The second-order valence-electron chi connectivity index (χ2n) is 13.3. The lowest BCUT2D eigenvalue weighted by atomic mass is 10.0. The summed E-state index contributed by atoms with van der Waals surface area (Å²) in [5, 5.41) is 17.6. The van der Waals surface area contributed by atoms with Gasteiger partial charge in [-0.1, -0.05) is 91.6 Å². The van der Waals surface area contributed by atoms with Crippen molar-refractivity contribution in [2.75, 3.05) is 6.54 Å². The molecule has 51 heavy (non-hydrogen) atoms. The van der Waals surface area contributed by atoms with E-state index in [1.807, 2.05) is 30.3 Å². The van der Waals surface area contributed by atoms with E-state index in [1.165, 1.54) is 11.2 Å². The van der Waals surface area contributed by atoms with Gasteiger partial charge in [-0.15, -0.1) is 0 Å². The highest BCUT2D eigenvalue weighted by molar-refractivity contribution is 6.39. The summed E-state index contributed by atoms with van der Waals surface area (Å²) in [6, 6.07) is 20.2. The molecule has 11 nitrogen and oxygen atoms in total. The number of hydrogen-bond acceptors (Lipinski definition) is 8. The maximum atomic E-state index is 14.1. The Morgan fingerprint density at radius 3 is 2.10 bits per heavy atom. The Balaban J connectivity index is 1.60. The monoisotopic (exact) mass is 736 g/mol. The fourth-order valence-corrected chi connectivity index (χ4v) is 5.81. The summed E-state index contributed by atoms with van der Waals surface area (Å²) in [6.45, 7) is 8.23. The van der Waals surface area contributed by atoms with Crippen molar-refractivity contribution in [2.45, 2.75) is 71.4 Å². The zero-order valence-electron chi connectivity index (χ0n) is 29.1. The van der Waals surface area contributed by atoms with Gasteiger partial charge in [-0.05, 0) is 56.5 Å². The number of carbonyl (C=O) groups is 4. The number of aromatic nitrogens is 1. The largest absolute Gasteiger partial charge is 0.460 e. The molecule has 1 aromatic heterocycles. The number of halogens is 2. The molecule has 0 bridgehead atoms. The minimum absolute atomic E-state index is 0.0402. The molecule has 3 aromatic carbocycles. The molecule has 0 aliphatic carbocycles. The van der Waals surface area contributed by atoms with Crippen LogP contribution in [0.2, 0.25) is 10.0 Å². The first-order valence-corrected chi connectivity index (χ1v) is 17.2. The van der Waals surface area contributed by atoms with E-state index < -0.39 is 60.4 Å². The Morgan fingerprint density at radius 1 is 0.902 bits per heavy atom. The number of nitrogens with zero attached hydrogens (tertiary/aromatic N) is 2. The van der Waals surface area contributed by atoms with Gasteiger partial charge in [0, 0.05) is 17.7 Å². The lowest BCUT2D eigenvalue weighted by Crippen LogP contribution is -2.54. The maximum Gasteiger partial charge on any atom is 0.308 e. The quantitative estimate of drug-likeness (QED) is 0.126. The Morgan fingerprint density at radius 2 is 1.51 bits per heavy atom. The molecule has 0 fully saturated rings. The van der Waals surface area contributed by atoms with Gasteiger partial charge in [-0.2, -0.15) is 0 Å². The van der Waals surface area contributed by atoms with Crippen LogP contribution in [0.15, 0.2) is 89.5 Å². The smallest absolute Gasteiger partial charge is 0.308 e. The van der Waals surface area contributed by atoms with Gasteiger partial charge >= 0.3 is 5.97 Å². The normalized spacial score (nSPS) is 13.2. The van der Waals surface area contributed by atoms with E-state index in [1.54, 1.807) is 83.1 Å². The molecule has 3 amide bonds. The fourth-order valence-electron chi connectivity index (χ4n) is 5.22. The van der Waals surface area contributed by atoms with Crippen molar-refractivity contribution in [3.8, 4) is 11.3 Å². The molecule has 0 aliphatic rings. The summed E-state index contributed by atoms with van der Waals surface area (Å²) in [7, 11) is 0. The zero-order valence-corrected chi connectivity index (χ0v) is 30.6. The van der Waals surface area contributed by atoms with Crippen molar-refractivity contribution in [2.24, 2.45) is 5.92 Å². The Kier molecular flexibility index (Phi) is 13.4. The number of oxazole rings is 1. The third-order valence-corrected chi connectivity index (χ3v) is 8.28. The summed E-state index contributed by atoms with van der Waals surface area (Å²) in [4.78, 5) is 59.6. The highest BCUT2D eigenvalue weighted by Crippen LogP contribution is 2.35. The highest BCUT2D eigenvalue weighted by Gasteiger charge is 2.34. The van der Waals surface area contributed by atoms with Gasteiger partial charge in [-0.25, -0.2) is 4.98 Å². The summed E-state index contributed by atoms with van der Waals surface area (Å²) in [6.07, 6.45) is -0.819. The third-order valence-electron chi connectivity index (χ3n) is 7.65. The maximum absolute atomic E-state index is 14.1. The van der Waals surface area contributed by atoms with Gasteiger partial charge in [0.2, 0.25) is 17.7 Å². The molecule has 3 N–H and O–H groups in total. The molecule has 0 aliphatic heterocycles. The number of hydrogen-bond donors (Lipinski definition) is 3. The molecular formula is C38H42Cl2N4O7. The number of amides is 3. The minimum atomic E-state index is -1.62. The van der Waals surface area contributed by atoms with Gasteiger partial charge in [0.15, 0.2) is 6.10 Å². The number of esters is 1. The molecule has 4 aromatic rings. The predicted octanol–water partition coefficient (Wildman–Crippen LogP) is 6.38. The van der Waals surface area contributed by atoms with E-state index in [0.717, 1.165) is 5.56 Å². The molecule has 1 unspecified atom stereocenters. The van der Waals surface area contributed by atoms with Gasteiger partial charge in [0.05, 0.1) is 29.1 Å². The minimum Gasteiger partial charge on any atom is -0.460 e. The van der Waals surface area contributed by atoms with Crippen molar-refractivity contribution in [3.63, 3.8) is 0 Å². The van der Waals surface area contributed by atoms with Crippen LogP contribution in [0.25, 0.3) is 11.3 Å². The molecule has 1 heterocycles. The van der Waals surface area contributed by atoms with Crippen LogP contribution in [0, 0.1) is 5.92 Å². The Labute approximate surface area is 307 Å². The Hall–Kier alpha value is -4.71. The first-order chi connectivity index (χ1) is 24.1. The summed E-state index contributed by atoms with van der Waals surface area (Å²) in [5.74, 6) is -2.87. The van der Waals surface area contributed by atoms with E-state index in [2.05, 4.69) is 15.6 Å². The number of benzene rings is 3. The van der Waals surface area contributed by atoms with Crippen LogP contribution < -0.4 is 10.6 Å². The van der Waals surface area contributed by atoms with Crippen LogP contribution in [0.1, 0.15) is 69.0 Å². The number of carbonyl (C=O) groups excluding carboxylic acids is 4. The third kappa shape index (κ3) is 11.1. The van der Waals surface area contributed by atoms with E-state index in [0.29, 0.717) is 21.2 Å². The summed E-state index contributed by atoms with van der Waals surface area (Å²) >= 11 is 12.7. The van der Waals surface area contributed by atoms with E-state index >= 15 is 0 Å². The average molecular weight is 738 g/mol. The van der Waals surface area contributed by atoms with Crippen LogP contribution in [0.4, 0.5) is 0 Å². The van der Waals surface area contributed by atoms with Gasteiger partial charge < -0.3 is 29.8 Å². The second-order valence-corrected chi connectivity index (χ2v) is 14.1. The molecule has 13 heteroatoms. The molecule has 0 spiro atoms. The second kappa shape index (κ2) is 17.5. The van der Waals surface area contributed by atoms with Crippen LogP contribution in [0.3, 0.4) is 0 Å². The van der Waals surface area contributed by atoms with Gasteiger partial charge in [0.1, 0.15) is 23.6 Å². The van der Waals surface area contributed by atoms with Crippen molar-refractivity contribution < 1.29 is 33.4 Å². The van der Waals surface area contributed by atoms with Crippen molar-refractivity contribution in [1.82, 2.24) is 20.5 Å². The van der Waals surface area contributed by atoms with Crippen LogP contribution in [0.5, 0.6) is 0 Å². The van der Waals surface area contributed by atoms with E-state index in [9.17, 15) is 24.3 Å². The number of aliphatic hydroxyl groups excluding tert-OH is 1. The van der Waals surface area contributed by atoms with Gasteiger partial charge in [-0.3, -0.25) is 19.2 Å². The molecule has 4 rings (SSSR count). The molecule has 0 saturated heterocycles. The van der Waals surface area contributed by atoms with Crippen LogP contribution in [-0.2, 0) is 25.7 Å². The summed E-state index contributed by atoms with van der Waals surface area (Å²) in [5.41, 5.74) is 0.895. The van der Waals surface area contributed by atoms with Gasteiger partial charge in [0.25, 0.3) is 5.91 Å². The molecular weight excluding hydrogens is 695 g/mol. The number of ether oxygens (including phenoxy) is 1. The number of rotatable bonds is 14. The van der Waals surface area contributed by atoms with Crippen LogP contribution in [-0.4, -0.2) is 62.9 Å². The fraction of sp³-hybridized carbons (Fsp3) is 0.342. The highest BCUT2D eigenvalue weighted by atomic mass is 35.5. The van der Waals surface area contributed by atoms with Crippen molar-refractivity contribution >= 4 is 46.9 Å². The molecule has 270 valence electrons. The topological polar surface area (TPSA) is 151 Å². The predicted molar refractivity (Wildman–Crippen MR) is 194 cm³/mol. The number of nitrogens with one attached hydrogen (secondary N) is 2. The lowest BCUT2D eigenvalue weighted by Gasteiger charge is -2.31. The molecule has 3 atom stereocenters. The first kappa shape index (κ1) is 39.1. The average Bonchev–Trinajstić information content (AvgIpc) is 3.55. The SMILES string of the molecule is CC(C)[C@H](NC(=O)c1ccccc1)C(=O)N(CC(=O)N[C@@H](CC(=O)OC(C)(C)C)C(O)c1nc(-c2c(Cl)cccc2Cl)co1)Cc1ccccc1.